The Morgan fingerprint density at radius 1 is 1.29 bits per heavy atom. The minimum atomic E-state index is 0.117. The molecule has 0 spiro atoms. The van der Waals surface area contributed by atoms with Gasteiger partial charge in [0.25, 0.3) is 0 Å². The topological polar surface area (TPSA) is 43.3 Å². The molecule has 0 radical (unpaired) electrons. The molecule has 2 heterocycles. The van der Waals surface area contributed by atoms with Crippen molar-refractivity contribution in [2.24, 2.45) is 5.73 Å². The van der Waals surface area contributed by atoms with E-state index in [0.717, 1.165) is 11.9 Å². The first-order valence-corrected chi connectivity index (χ1v) is 6.50. The van der Waals surface area contributed by atoms with Crippen LogP contribution in [0.1, 0.15) is 50.6 Å². The molecule has 2 aromatic heterocycles. The maximum atomic E-state index is 6.23. The van der Waals surface area contributed by atoms with Gasteiger partial charge in [0, 0.05) is 17.8 Å². The summed E-state index contributed by atoms with van der Waals surface area (Å²) in [4.78, 5) is 0. The fourth-order valence-electron chi connectivity index (χ4n) is 2.19. The zero-order chi connectivity index (χ0) is 12.1. The Kier molecular flexibility index (Phi) is 4.15. The van der Waals surface area contributed by atoms with Crippen molar-refractivity contribution in [3.05, 3.63) is 36.2 Å². The van der Waals surface area contributed by atoms with Crippen LogP contribution in [0.4, 0.5) is 0 Å². The number of nitrogens with two attached hydrogens (primary N) is 1. The molecular weight excluding hydrogens is 210 g/mol. The zero-order valence-corrected chi connectivity index (χ0v) is 10.5. The van der Waals surface area contributed by atoms with Crippen LogP contribution in [-0.2, 0) is 0 Å². The SMILES string of the molecule is CCCCCCC(N)c1cnn2ccccc12. The lowest BCUT2D eigenvalue weighted by molar-refractivity contribution is 0.568. The summed E-state index contributed by atoms with van der Waals surface area (Å²) in [6.07, 6.45) is 9.98. The van der Waals surface area contributed by atoms with Crippen LogP contribution in [-0.4, -0.2) is 9.61 Å². The highest BCUT2D eigenvalue weighted by molar-refractivity contribution is 5.54. The van der Waals surface area contributed by atoms with Crippen LogP contribution >= 0.6 is 0 Å². The van der Waals surface area contributed by atoms with E-state index >= 15 is 0 Å². The van der Waals surface area contributed by atoms with Crippen LogP contribution < -0.4 is 5.73 Å². The van der Waals surface area contributed by atoms with E-state index in [0.29, 0.717) is 0 Å². The Bertz CT molecular complexity index is 461. The molecule has 17 heavy (non-hydrogen) atoms. The highest BCUT2D eigenvalue weighted by Gasteiger charge is 2.11. The summed E-state index contributed by atoms with van der Waals surface area (Å²) < 4.78 is 1.89. The Morgan fingerprint density at radius 2 is 2.18 bits per heavy atom. The highest BCUT2D eigenvalue weighted by Crippen LogP contribution is 2.21. The van der Waals surface area contributed by atoms with E-state index in [9.17, 15) is 0 Å². The monoisotopic (exact) mass is 231 g/mol. The molecule has 0 aliphatic carbocycles. The van der Waals surface area contributed by atoms with Crippen molar-refractivity contribution in [3.8, 4) is 0 Å². The van der Waals surface area contributed by atoms with Crippen molar-refractivity contribution in [3.63, 3.8) is 0 Å². The predicted octanol–water partition coefficient (Wildman–Crippen LogP) is 3.30. The van der Waals surface area contributed by atoms with E-state index in [4.69, 9.17) is 5.73 Å². The Balaban J connectivity index is 2.01. The summed E-state index contributed by atoms with van der Waals surface area (Å²) in [6.45, 7) is 2.23. The summed E-state index contributed by atoms with van der Waals surface area (Å²) in [6, 6.07) is 6.21. The lowest BCUT2D eigenvalue weighted by Crippen LogP contribution is -2.09. The van der Waals surface area contributed by atoms with Gasteiger partial charge in [0.15, 0.2) is 0 Å². The maximum absolute atomic E-state index is 6.23. The number of pyridine rings is 1. The predicted molar refractivity (Wildman–Crippen MR) is 70.9 cm³/mol. The molecule has 0 amide bonds. The Labute approximate surface area is 103 Å². The largest absolute Gasteiger partial charge is 0.324 e. The molecule has 2 rings (SSSR count). The molecule has 0 aromatic carbocycles. The van der Waals surface area contributed by atoms with E-state index in [-0.39, 0.29) is 6.04 Å². The van der Waals surface area contributed by atoms with Crippen molar-refractivity contribution in [1.82, 2.24) is 9.61 Å². The number of fused-ring (bicyclic) bond motifs is 1. The summed E-state index contributed by atoms with van der Waals surface area (Å²) in [5.41, 5.74) is 8.54. The normalized spacial score (nSPS) is 13.1. The van der Waals surface area contributed by atoms with Gasteiger partial charge in [-0.2, -0.15) is 5.10 Å². The van der Waals surface area contributed by atoms with Crippen molar-refractivity contribution >= 4 is 5.52 Å². The van der Waals surface area contributed by atoms with Gasteiger partial charge in [0.05, 0.1) is 11.7 Å². The van der Waals surface area contributed by atoms with E-state index in [1.807, 2.05) is 29.0 Å². The summed E-state index contributed by atoms with van der Waals surface area (Å²) in [7, 11) is 0. The first-order chi connectivity index (χ1) is 8.33. The summed E-state index contributed by atoms with van der Waals surface area (Å²) in [5, 5.41) is 4.32. The average Bonchev–Trinajstić information content (AvgIpc) is 2.78. The van der Waals surface area contributed by atoms with Crippen molar-refractivity contribution in [2.45, 2.75) is 45.1 Å². The number of aromatic nitrogens is 2. The molecule has 0 saturated heterocycles. The van der Waals surface area contributed by atoms with Crippen molar-refractivity contribution in [2.75, 3.05) is 0 Å². The van der Waals surface area contributed by atoms with Crippen LogP contribution in [0.2, 0.25) is 0 Å². The molecule has 3 nitrogen and oxygen atoms in total. The first-order valence-electron chi connectivity index (χ1n) is 6.50. The molecule has 2 N–H and O–H groups in total. The number of nitrogens with zero attached hydrogens (tertiary/aromatic N) is 2. The molecule has 0 aliphatic heterocycles. The van der Waals surface area contributed by atoms with Gasteiger partial charge in [-0.05, 0) is 18.6 Å². The van der Waals surface area contributed by atoms with Gasteiger partial charge in [0.2, 0.25) is 0 Å². The molecular formula is C14H21N3. The van der Waals surface area contributed by atoms with E-state index in [1.54, 1.807) is 0 Å². The van der Waals surface area contributed by atoms with Crippen LogP contribution in [0.15, 0.2) is 30.6 Å². The van der Waals surface area contributed by atoms with E-state index < -0.39 is 0 Å². The second-order valence-electron chi connectivity index (χ2n) is 4.59. The van der Waals surface area contributed by atoms with Crippen LogP contribution in [0.3, 0.4) is 0 Å². The maximum Gasteiger partial charge on any atom is 0.0709 e. The van der Waals surface area contributed by atoms with Crippen LogP contribution in [0.25, 0.3) is 5.52 Å². The summed E-state index contributed by atoms with van der Waals surface area (Å²) >= 11 is 0. The fourth-order valence-corrected chi connectivity index (χ4v) is 2.19. The van der Waals surface area contributed by atoms with Crippen LogP contribution in [0.5, 0.6) is 0 Å². The van der Waals surface area contributed by atoms with Gasteiger partial charge in [0.1, 0.15) is 0 Å². The van der Waals surface area contributed by atoms with Gasteiger partial charge in [-0.25, -0.2) is 4.52 Å². The molecule has 92 valence electrons. The number of unbranched alkanes of at least 4 members (excludes halogenated alkanes) is 3. The number of hydrogen-bond donors (Lipinski definition) is 1. The third-order valence-electron chi connectivity index (χ3n) is 3.22. The van der Waals surface area contributed by atoms with Gasteiger partial charge in [-0.1, -0.05) is 38.7 Å². The highest BCUT2D eigenvalue weighted by atomic mass is 15.2. The lowest BCUT2D eigenvalue weighted by atomic mass is 10.0. The van der Waals surface area contributed by atoms with Gasteiger partial charge < -0.3 is 5.73 Å². The third-order valence-corrected chi connectivity index (χ3v) is 3.22. The molecule has 0 fully saturated rings. The molecule has 0 bridgehead atoms. The van der Waals surface area contributed by atoms with Gasteiger partial charge in [-0.3, -0.25) is 0 Å². The molecule has 0 saturated carbocycles. The smallest absolute Gasteiger partial charge is 0.0709 e. The zero-order valence-electron chi connectivity index (χ0n) is 10.5. The second kappa shape index (κ2) is 5.82. The fraction of sp³-hybridized carbons (Fsp3) is 0.500. The molecule has 1 unspecified atom stereocenters. The van der Waals surface area contributed by atoms with Crippen molar-refractivity contribution in [1.29, 1.82) is 0 Å². The lowest BCUT2D eigenvalue weighted by Gasteiger charge is -2.09. The quantitative estimate of drug-likeness (QED) is 0.775. The molecule has 2 aromatic rings. The first kappa shape index (κ1) is 12.1. The Morgan fingerprint density at radius 3 is 3.00 bits per heavy atom. The molecule has 1 atom stereocenters. The second-order valence-corrected chi connectivity index (χ2v) is 4.59. The minimum Gasteiger partial charge on any atom is -0.324 e. The minimum absolute atomic E-state index is 0.117. The van der Waals surface area contributed by atoms with Gasteiger partial charge in [-0.15, -0.1) is 0 Å². The van der Waals surface area contributed by atoms with Crippen molar-refractivity contribution < 1.29 is 0 Å². The standard InChI is InChI=1S/C14H21N3/c1-2-3-4-5-8-13(15)12-11-16-17-10-7-6-9-14(12)17/h6-7,9-11,13H,2-5,8,15H2,1H3. The van der Waals surface area contributed by atoms with E-state index in [2.05, 4.69) is 18.1 Å². The average molecular weight is 231 g/mol. The van der Waals surface area contributed by atoms with Gasteiger partial charge >= 0.3 is 0 Å². The molecule has 3 heteroatoms. The molecule has 0 aliphatic rings. The summed E-state index contributed by atoms with van der Waals surface area (Å²) in [5.74, 6) is 0. The van der Waals surface area contributed by atoms with Crippen LogP contribution in [0, 0.1) is 0 Å². The number of hydrogen-bond acceptors (Lipinski definition) is 2. The number of rotatable bonds is 6. The third kappa shape index (κ3) is 2.86. The Hall–Kier alpha value is -1.35. The van der Waals surface area contributed by atoms with E-state index in [1.165, 1.54) is 31.2 Å².